The molecule has 0 spiro atoms. The molecule has 5 rings (SSSR count). The van der Waals surface area contributed by atoms with E-state index in [0.29, 0.717) is 30.0 Å². The van der Waals surface area contributed by atoms with Crippen LogP contribution in [0.1, 0.15) is 133 Å². The number of rotatable bonds is 8. The van der Waals surface area contributed by atoms with Crippen LogP contribution in [0.25, 0.3) is 0 Å². The number of carboxylic acid groups (broad SMARTS) is 1. The first-order valence-corrected chi connectivity index (χ1v) is 17.7. The third-order valence-electron chi connectivity index (χ3n) is 14.8. The summed E-state index contributed by atoms with van der Waals surface area (Å²) in [5, 5.41) is 13.0. The normalized spacial score (nSPS) is 41.5. The summed E-state index contributed by atoms with van der Waals surface area (Å²) in [5.41, 5.74) is 1.94. The molecule has 4 saturated carbocycles. The van der Waals surface area contributed by atoms with Crippen molar-refractivity contribution in [3.63, 3.8) is 0 Å². The van der Waals surface area contributed by atoms with Crippen molar-refractivity contribution in [2.75, 3.05) is 13.6 Å². The van der Waals surface area contributed by atoms with Crippen molar-refractivity contribution >= 4 is 17.7 Å². The predicted octanol–water partition coefficient (Wildman–Crippen LogP) is 7.99. The third kappa shape index (κ3) is 4.77. The van der Waals surface area contributed by atoms with Gasteiger partial charge in [-0.25, -0.2) is 0 Å². The molecule has 0 aliphatic heterocycles. The van der Waals surface area contributed by atoms with Crippen molar-refractivity contribution in [3.8, 4) is 0 Å². The molecule has 0 heterocycles. The van der Waals surface area contributed by atoms with Crippen LogP contribution in [0.5, 0.6) is 0 Å². The first kappa shape index (κ1) is 33.7. The Kier molecular flexibility index (Phi) is 8.38. The molecule has 0 radical (unpaired) electrons. The molecule has 2 unspecified atom stereocenters. The molecule has 0 aromatic rings. The highest BCUT2D eigenvalue weighted by atomic mass is 16.5. The molecule has 44 heavy (non-hydrogen) atoms. The number of allylic oxidation sites excluding steroid dienone is 2. The molecular weight excluding hydrogens is 550 g/mol. The van der Waals surface area contributed by atoms with Crippen LogP contribution >= 0.6 is 0 Å². The molecule has 248 valence electrons. The number of Topliss-reactive ketones (excluding diaryl/α,β-unsaturated/α-hetero) is 1. The molecule has 4 fully saturated rings. The average Bonchev–Trinajstić information content (AvgIpc) is 3.21. The van der Waals surface area contributed by atoms with Crippen molar-refractivity contribution in [3.05, 3.63) is 11.1 Å². The number of carbonyl (C=O) groups is 3. The van der Waals surface area contributed by atoms with Crippen LogP contribution in [0, 0.1) is 56.2 Å². The van der Waals surface area contributed by atoms with Crippen molar-refractivity contribution in [2.45, 2.75) is 139 Å². The van der Waals surface area contributed by atoms with E-state index in [1.807, 2.05) is 7.05 Å². The molecule has 0 amide bonds. The predicted molar refractivity (Wildman–Crippen MR) is 174 cm³/mol. The second-order valence-electron chi connectivity index (χ2n) is 18.0. The largest absolute Gasteiger partial charge is 0.481 e. The average molecular weight is 612 g/mol. The number of hydrogen-bond donors (Lipinski definition) is 2. The molecule has 6 heteroatoms. The standard InChI is InChI=1S/C38H61NO5/c1-23(2)30-25(40)21-38(19-20-39-10)18-17-36(8)24(31(30)38)11-12-27-35(7)15-14-28(44-29(41)22-33(3,4)32(42)43)34(5,6)26(35)13-16-37(27,36)9/h23-24,26-28,39H,11-22H2,1-10H3,(H,42,43)/t24-,26?,27?,28+,35+,36-,37-,38-/m1/s1. The summed E-state index contributed by atoms with van der Waals surface area (Å²) in [7, 11) is 2.03. The Bertz CT molecular complexity index is 1230. The minimum atomic E-state index is -1.13. The van der Waals surface area contributed by atoms with Crippen LogP contribution in [0.4, 0.5) is 0 Å². The van der Waals surface area contributed by atoms with E-state index < -0.39 is 17.4 Å². The summed E-state index contributed by atoms with van der Waals surface area (Å²) in [6.45, 7) is 21.0. The maximum atomic E-state index is 13.7. The fraction of sp³-hybridized carbons (Fsp3) is 0.868. The second-order valence-corrected chi connectivity index (χ2v) is 18.0. The van der Waals surface area contributed by atoms with Gasteiger partial charge >= 0.3 is 11.9 Å². The lowest BCUT2D eigenvalue weighted by atomic mass is 9.33. The Morgan fingerprint density at radius 2 is 1.64 bits per heavy atom. The first-order chi connectivity index (χ1) is 20.3. The molecule has 0 saturated heterocycles. The number of esters is 1. The van der Waals surface area contributed by atoms with Gasteiger partial charge in [0.05, 0.1) is 11.8 Å². The zero-order valence-electron chi connectivity index (χ0n) is 29.5. The van der Waals surface area contributed by atoms with E-state index in [2.05, 4.69) is 53.8 Å². The number of fused-ring (bicyclic) bond motifs is 7. The van der Waals surface area contributed by atoms with Crippen LogP contribution in [0.3, 0.4) is 0 Å². The summed E-state index contributed by atoms with van der Waals surface area (Å²) in [6.07, 6.45) is 10.3. The first-order valence-electron chi connectivity index (χ1n) is 17.7. The lowest BCUT2D eigenvalue weighted by Crippen LogP contribution is -2.65. The van der Waals surface area contributed by atoms with Gasteiger partial charge in [-0.1, -0.05) is 54.0 Å². The number of ketones is 1. The second kappa shape index (κ2) is 10.9. The Morgan fingerprint density at radius 3 is 2.25 bits per heavy atom. The Labute approximate surface area is 266 Å². The highest BCUT2D eigenvalue weighted by Crippen LogP contribution is 2.77. The molecule has 6 nitrogen and oxygen atoms in total. The highest BCUT2D eigenvalue weighted by molar-refractivity contribution is 6.00. The Morgan fingerprint density at radius 1 is 0.955 bits per heavy atom. The summed E-state index contributed by atoms with van der Waals surface area (Å²) in [5.74, 6) is 0.819. The summed E-state index contributed by atoms with van der Waals surface area (Å²) >= 11 is 0. The molecule has 0 aromatic heterocycles. The summed E-state index contributed by atoms with van der Waals surface area (Å²) in [4.78, 5) is 38.3. The van der Waals surface area contributed by atoms with Crippen molar-refractivity contribution < 1.29 is 24.2 Å². The van der Waals surface area contributed by atoms with Crippen LogP contribution in [0.15, 0.2) is 11.1 Å². The van der Waals surface area contributed by atoms with E-state index in [1.54, 1.807) is 19.4 Å². The number of aliphatic carboxylic acids is 1. The Hall–Kier alpha value is -1.69. The van der Waals surface area contributed by atoms with E-state index in [-0.39, 0.29) is 45.5 Å². The number of carbonyl (C=O) groups excluding carboxylic acids is 2. The van der Waals surface area contributed by atoms with Gasteiger partial charge in [-0.15, -0.1) is 0 Å². The van der Waals surface area contributed by atoms with E-state index in [4.69, 9.17) is 4.74 Å². The smallest absolute Gasteiger partial charge is 0.309 e. The van der Waals surface area contributed by atoms with Gasteiger partial charge in [-0.3, -0.25) is 14.4 Å². The topological polar surface area (TPSA) is 92.7 Å². The molecule has 8 atom stereocenters. The quantitative estimate of drug-likeness (QED) is 0.270. The number of carboxylic acids is 1. The minimum Gasteiger partial charge on any atom is -0.481 e. The molecular formula is C38H61NO5. The molecule has 0 bridgehead atoms. The van der Waals surface area contributed by atoms with E-state index in [1.165, 1.54) is 31.3 Å². The Balaban J connectivity index is 1.45. The minimum absolute atomic E-state index is 0.0350. The van der Waals surface area contributed by atoms with Crippen LogP contribution in [0.2, 0.25) is 0 Å². The highest BCUT2D eigenvalue weighted by Gasteiger charge is 2.70. The number of nitrogens with one attached hydrogen (secondary N) is 1. The molecule has 0 aromatic carbocycles. The van der Waals surface area contributed by atoms with Gasteiger partial charge in [0.1, 0.15) is 6.10 Å². The number of ether oxygens (including phenoxy) is 1. The van der Waals surface area contributed by atoms with Crippen molar-refractivity contribution in [1.82, 2.24) is 5.32 Å². The van der Waals surface area contributed by atoms with Gasteiger partial charge in [0.25, 0.3) is 0 Å². The van der Waals surface area contributed by atoms with Gasteiger partial charge in [0, 0.05) is 17.3 Å². The van der Waals surface area contributed by atoms with Gasteiger partial charge in [0.2, 0.25) is 0 Å². The van der Waals surface area contributed by atoms with Gasteiger partial charge in [-0.2, -0.15) is 0 Å². The van der Waals surface area contributed by atoms with Crippen LogP contribution in [-0.2, 0) is 19.1 Å². The molecule has 5 aliphatic carbocycles. The fourth-order valence-electron chi connectivity index (χ4n) is 12.2. The lowest BCUT2D eigenvalue weighted by Gasteiger charge is -2.72. The zero-order valence-corrected chi connectivity index (χ0v) is 29.5. The van der Waals surface area contributed by atoms with Crippen molar-refractivity contribution in [2.24, 2.45) is 56.2 Å². The number of hydrogen-bond acceptors (Lipinski definition) is 5. The maximum Gasteiger partial charge on any atom is 0.309 e. The SMILES string of the molecule is CNCC[C@@]12CC[C@]3(C)[C@H](CCC4[C@@]5(C)CC[C@H](OC(=O)CC(C)(C)C(=O)O)C(C)(C)C5CC[C@]43C)C1=C(C(C)C)C(=O)C2. The van der Waals surface area contributed by atoms with E-state index in [0.717, 1.165) is 38.6 Å². The summed E-state index contributed by atoms with van der Waals surface area (Å²) < 4.78 is 6.14. The maximum absolute atomic E-state index is 13.7. The van der Waals surface area contributed by atoms with Gasteiger partial charge in [-0.05, 0) is 131 Å². The van der Waals surface area contributed by atoms with Crippen LogP contribution < -0.4 is 5.32 Å². The van der Waals surface area contributed by atoms with E-state index >= 15 is 0 Å². The van der Waals surface area contributed by atoms with Gasteiger partial charge in [0.15, 0.2) is 5.78 Å². The molecule has 5 aliphatic rings. The van der Waals surface area contributed by atoms with Gasteiger partial charge < -0.3 is 15.2 Å². The third-order valence-corrected chi connectivity index (χ3v) is 14.8. The monoisotopic (exact) mass is 611 g/mol. The summed E-state index contributed by atoms with van der Waals surface area (Å²) in [6, 6.07) is 0. The zero-order chi connectivity index (χ0) is 32.7. The van der Waals surface area contributed by atoms with Crippen LogP contribution in [-0.4, -0.2) is 42.5 Å². The fourth-order valence-corrected chi connectivity index (χ4v) is 12.2. The van der Waals surface area contributed by atoms with Crippen molar-refractivity contribution in [1.29, 1.82) is 0 Å². The lowest BCUT2D eigenvalue weighted by molar-refractivity contribution is -0.233. The van der Waals surface area contributed by atoms with E-state index in [9.17, 15) is 19.5 Å². The molecule has 2 N–H and O–H groups in total.